The number of benzene rings is 1. The van der Waals surface area contributed by atoms with E-state index in [4.69, 9.17) is 9.47 Å². The molecule has 0 saturated carbocycles. The maximum Gasteiger partial charge on any atom is 0.150 e. The molecule has 0 spiro atoms. The molecular weight excluding hydrogens is 187 g/mol. The van der Waals surface area contributed by atoms with E-state index in [9.17, 15) is 9.50 Å². The lowest BCUT2D eigenvalue weighted by atomic mass is 10.2. The molecule has 0 amide bonds. The Labute approximate surface area is 81.1 Å². The van der Waals surface area contributed by atoms with Crippen LogP contribution < -0.4 is 4.74 Å². The van der Waals surface area contributed by atoms with E-state index < -0.39 is 12.2 Å². The monoisotopic (exact) mass is 198 g/mol. The fourth-order valence-electron chi connectivity index (χ4n) is 1.35. The zero-order chi connectivity index (χ0) is 9.97. The van der Waals surface area contributed by atoms with Crippen LogP contribution in [0.5, 0.6) is 5.75 Å². The van der Waals surface area contributed by atoms with Crippen molar-refractivity contribution in [3.05, 3.63) is 30.1 Å². The van der Waals surface area contributed by atoms with E-state index in [1.807, 2.05) is 0 Å². The van der Waals surface area contributed by atoms with Gasteiger partial charge in [0, 0.05) is 6.07 Å². The molecule has 1 N–H and O–H groups in total. The Morgan fingerprint density at radius 2 is 2.29 bits per heavy atom. The van der Waals surface area contributed by atoms with Gasteiger partial charge in [0.2, 0.25) is 0 Å². The third-order valence-electron chi connectivity index (χ3n) is 2.08. The van der Waals surface area contributed by atoms with Crippen LogP contribution in [0.25, 0.3) is 0 Å². The summed E-state index contributed by atoms with van der Waals surface area (Å²) in [6.45, 7) is 0.623. The van der Waals surface area contributed by atoms with Crippen molar-refractivity contribution in [2.75, 3.05) is 13.2 Å². The van der Waals surface area contributed by atoms with Gasteiger partial charge in [-0.15, -0.1) is 0 Å². The molecule has 14 heavy (non-hydrogen) atoms. The smallest absolute Gasteiger partial charge is 0.150 e. The highest BCUT2D eigenvalue weighted by Gasteiger charge is 2.27. The fraction of sp³-hybridized carbons (Fsp3) is 0.400. The molecule has 4 heteroatoms. The molecule has 3 nitrogen and oxygen atoms in total. The molecular formula is C10H11FO3. The van der Waals surface area contributed by atoms with Crippen molar-refractivity contribution >= 4 is 0 Å². The van der Waals surface area contributed by atoms with Crippen LogP contribution in [0.15, 0.2) is 24.3 Å². The highest BCUT2D eigenvalue weighted by Crippen LogP contribution is 2.17. The molecule has 1 aromatic carbocycles. The first-order valence-electron chi connectivity index (χ1n) is 4.44. The number of hydrogen-bond acceptors (Lipinski definition) is 3. The van der Waals surface area contributed by atoms with Crippen LogP contribution in [-0.2, 0) is 4.74 Å². The average molecular weight is 198 g/mol. The van der Waals surface area contributed by atoms with Crippen LogP contribution in [-0.4, -0.2) is 30.5 Å². The van der Waals surface area contributed by atoms with Crippen LogP contribution >= 0.6 is 0 Å². The van der Waals surface area contributed by atoms with Gasteiger partial charge in [-0.05, 0) is 12.1 Å². The van der Waals surface area contributed by atoms with Gasteiger partial charge in [0.1, 0.15) is 23.8 Å². The van der Waals surface area contributed by atoms with Crippen molar-refractivity contribution in [3.8, 4) is 5.75 Å². The Morgan fingerprint density at radius 3 is 2.93 bits per heavy atom. The second-order valence-electron chi connectivity index (χ2n) is 3.22. The largest absolute Gasteiger partial charge is 0.485 e. The molecule has 1 saturated heterocycles. The van der Waals surface area contributed by atoms with Crippen molar-refractivity contribution in [2.24, 2.45) is 0 Å². The summed E-state index contributed by atoms with van der Waals surface area (Å²) in [5.74, 6) is 0.0652. The standard InChI is InChI=1S/C10H11FO3/c11-7-2-1-3-8(4-7)14-10-6-13-5-9(10)12/h1-4,9-10,12H,5-6H2/t9-,10-/m1/s1. The van der Waals surface area contributed by atoms with E-state index in [1.165, 1.54) is 12.1 Å². The average Bonchev–Trinajstić information content (AvgIpc) is 2.52. The predicted molar refractivity (Wildman–Crippen MR) is 47.6 cm³/mol. The minimum atomic E-state index is -0.627. The first-order chi connectivity index (χ1) is 6.75. The summed E-state index contributed by atoms with van der Waals surface area (Å²) < 4.78 is 23.1. The molecule has 0 unspecified atom stereocenters. The van der Waals surface area contributed by atoms with Gasteiger partial charge < -0.3 is 14.6 Å². The molecule has 1 aromatic rings. The summed E-state index contributed by atoms with van der Waals surface area (Å²) in [6.07, 6.45) is -1.02. The van der Waals surface area contributed by atoms with E-state index in [0.29, 0.717) is 12.4 Å². The van der Waals surface area contributed by atoms with Crippen molar-refractivity contribution < 1.29 is 19.0 Å². The van der Waals surface area contributed by atoms with Crippen molar-refractivity contribution in [2.45, 2.75) is 12.2 Å². The maximum absolute atomic E-state index is 12.8. The molecule has 1 aliphatic heterocycles. The Balaban J connectivity index is 2.03. The zero-order valence-corrected chi connectivity index (χ0v) is 7.52. The number of hydrogen-bond donors (Lipinski definition) is 1. The topological polar surface area (TPSA) is 38.7 Å². The second-order valence-corrected chi connectivity index (χ2v) is 3.22. The van der Waals surface area contributed by atoms with E-state index in [0.717, 1.165) is 0 Å². The Hall–Kier alpha value is -1.13. The predicted octanol–water partition coefficient (Wildman–Crippen LogP) is 0.964. The van der Waals surface area contributed by atoms with Gasteiger partial charge in [0.15, 0.2) is 0 Å². The summed E-state index contributed by atoms with van der Waals surface area (Å²) in [4.78, 5) is 0. The zero-order valence-electron chi connectivity index (χ0n) is 7.52. The molecule has 0 aliphatic carbocycles. The molecule has 76 valence electrons. The van der Waals surface area contributed by atoms with Crippen LogP contribution in [0.3, 0.4) is 0 Å². The lowest BCUT2D eigenvalue weighted by Gasteiger charge is -2.14. The van der Waals surface area contributed by atoms with Gasteiger partial charge in [-0.2, -0.15) is 0 Å². The summed E-state index contributed by atoms with van der Waals surface area (Å²) in [7, 11) is 0. The maximum atomic E-state index is 12.8. The SMILES string of the molecule is O[C@@H]1COC[C@H]1Oc1cccc(F)c1. The number of aliphatic hydroxyl groups excluding tert-OH is 1. The van der Waals surface area contributed by atoms with E-state index >= 15 is 0 Å². The van der Waals surface area contributed by atoms with Crippen molar-refractivity contribution in [1.82, 2.24) is 0 Å². The number of ether oxygens (including phenoxy) is 2. The van der Waals surface area contributed by atoms with Crippen LogP contribution in [0, 0.1) is 5.82 Å². The molecule has 0 bridgehead atoms. The Morgan fingerprint density at radius 1 is 1.43 bits per heavy atom. The quantitative estimate of drug-likeness (QED) is 0.769. The van der Waals surface area contributed by atoms with Gasteiger partial charge in [-0.1, -0.05) is 6.07 Å². The van der Waals surface area contributed by atoms with Crippen LogP contribution in [0.2, 0.25) is 0 Å². The summed E-state index contributed by atoms with van der Waals surface area (Å²) in [6, 6.07) is 5.83. The van der Waals surface area contributed by atoms with E-state index in [2.05, 4.69) is 0 Å². The lowest BCUT2D eigenvalue weighted by Crippen LogP contribution is -2.29. The van der Waals surface area contributed by atoms with E-state index in [1.54, 1.807) is 12.1 Å². The van der Waals surface area contributed by atoms with E-state index in [-0.39, 0.29) is 12.4 Å². The number of aliphatic hydroxyl groups is 1. The first-order valence-corrected chi connectivity index (χ1v) is 4.44. The summed E-state index contributed by atoms with van der Waals surface area (Å²) >= 11 is 0. The van der Waals surface area contributed by atoms with Crippen LogP contribution in [0.1, 0.15) is 0 Å². The molecule has 1 fully saturated rings. The fourth-order valence-corrected chi connectivity index (χ4v) is 1.35. The molecule has 2 rings (SSSR count). The number of rotatable bonds is 2. The highest BCUT2D eigenvalue weighted by atomic mass is 19.1. The lowest BCUT2D eigenvalue weighted by molar-refractivity contribution is 0.0731. The third-order valence-corrected chi connectivity index (χ3v) is 2.08. The third kappa shape index (κ3) is 2.02. The van der Waals surface area contributed by atoms with Crippen LogP contribution in [0.4, 0.5) is 4.39 Å². The minimum absolute atomic E-state index is 0.278. The van der Waals surface area contributed by atoms with Gasteiger partial charge in [0.25, 0.3) is 0 Å². The number of halogens is 1. The van der Waals surface area contributed by atoms with Crippen molar-refractivity contribution in [1.29, 1.82) is 0 Å². The molecule has 0 aromatic heterocycles. The molecule has 1 aliphatic rings. The van der Waals surface area contributed by atoms with Gasteiger partial charge >= 0.3 is 0 Å². The molecule has 2 atom stereocenters. The normalized spacial score (nSPS) is 26.4. The Bertz CT molecular complexity index is 316. The second kappa shape index (κ2) is 3.94. The van der Waals surface area contributed by atoms with Gasteiger partial charge in [-0.25, -0.2) is 4.39 Å². The van der Waals surface area contributed by atoms with Gasteiger partial charge in [-0.3, -0.25) is 0 Å². The minimum Gasteiger partial charge on any atom is -0.485 e. The molecule has 0 radical (unpaired) electrons. The molecule has 1 heterocycles. The summed E-state index contributed by atoms with van der Waals surface area (Å²) in [5, 5.41) is 9.38. The Kier molecular flexibility index (Phi) is 2.65. The highest BCUT2D eigenvalue weighted by molar-refractivity contribution is 5.22. The first kappa shape index (κ1) is 9.43. The van der Waals surface area contributed by atoms with Gasteiger partial charge in [0.05, 0.1) is 13.2 Å². The van der Waals surface area contributed by atoms with Crippen molar-refractivity contribution in [3.63, 3.8) is 0 Å². The summed E-state index contributed by atoms with van der Waals surface area (Å²) in [5.41, 5.74) is 0.